The van der Waals surface area contributed by atoms with Crippen molar-refractivity contribution in [2.24, 2.45) is 0 Å². The fourth-order valence-electron chi connectivity index (χ4n) is 1.38. The summed E-state index contributed by atoms with van der Waals surface area (Å²) >= 11 is 3.07. The Bertz CT molecular complexity index is 584. The number of anilines is 1. The molecule has 1 N–H and O–H groups in total. The maximum Gasteiger partial charge on any atom is 0.259 e. The number of benzene rings is 1. The number of aromatic nitrogens is 1. The van der Waals surface area contributed by atoms with Gasteiger partial charge in [0.2, 0.25) is 0 Å². The number of amides is 1. The number of carbonyl (C=O) groups is 1. The summed E-state index contributed by atoms with van der Waals surface area (Å²) in [6.07, 6.45) is 2.29. The molecule has 2 rings (SSSR count). The Kier molecular flexibility index (Phi) is 3.66. The molecular formula is C12H7BrF2N2O. The van der Waals surface area contributed by atoms with Crippen molar-refractivity contribution < 1.29 is 13.6 Å². The molecule has 0 aliphatic rings. The third-order valence-corrected chi connectivity index (χ3v) is 2.87. The van der Waals surface area contributed by atoms with Gasteiger partial charge in [-0.15, -0.1) is 0 Å². The van der Waals surface area contributed by atoms with Crippen molar-refractivity contribution in [2.45, 2.75) is 0 Å². The van der Waals surface area contributed by atoms with Crippen molar-refractivity contribution >= 4 is 27.5 Å². The molecule has 1 aromatic carbocycles. The van der Waals surface area contributed by atoms with Gasteiger partial charge in [-0.3, -0.25) is 9.78 Å². The molecule has 0 bridgehead atoms. The molecule has 0 saturated heterocycles. The first-order valence-corrected chi connectivity index (χ1v) is 5.74. The van der Waals surface area contributed by atoms with Crippen LogP contribution in [0.25, 0.3) is 0 Å². The second kappa shape index (κ2) is 5.22. The lowest BCUT2D eigenvalue weighted by Gasteiger charge is -2.08. The third-order valence-electron chi connectivity index (χ3n) is 2.21. The Morgan fingerprint density at radius 2 is 2.00 bits per heavy atom. The molecule has 0 aliphatic heterocycles. The third kappa shape index (κ3) is 2.53. The molecule has 0 fully saturated rings. The highest BCUT2D eigenvalue weighted by atomic mass is 79.9. The second-order valence-corrected chi connectivity index (χ2v) is 4.26. The average molecular weight is 313 g/mol. The van der Waals surface area contributed by atoms with E-state index in [4.69, 9.17) is 0 Å². The monoisotopic (exact) mass is 312 g/mol. The number of hydrogen-bond donors (Lipinski definition) is 1. The van der Waals surface area contributed by atoms with Gasteiger partial charge in [0, 0.05) is 10.7 Å². The number of nitrogens with zero attached hydrogens (tertiary/aromatic N) is 1. The van der Waals surface area contributed by atoms with E-state index in [2.05, 4.69) is 26.2 Å². The molecule has 0 spiro atoms. The van der Waals surface area contributed by atoms with Crippen LogP contribution in [0.15, 0.2) is 41.1 Å². The van der Waals surface area contributed by atoms with Crippen molar-refractivity contribution in [3.63, 3.8) is 0 Å². The largest absolute Gasteiger partial charge is 0.319 e. The molecule has 1 amide bonds. The zero-order valence-corrected chi connectivity index (χ0v) is 10.5. The van der Waals surface area contributed by atoms with Crippen molar-refractivity contribution in [1.29, 1.82) is 0 Å². The van der Waals surface area contributed by atoms with Gasteiger partial charge in [-0.25, -0.2) is 8.78 Å². The molecule has 1 heterocycles. The van der Waals surface area contributed by atoms with Crippen LogP contribution in [0.1, 0.15) is 10.4 Å². The molecule has 6 heteroatoms. The highest BCUT2D eigenvalue weighted by Crippen LogP contribution is 2.21. The quantitative estimate of drug-likeness (QED) is 0.923. The Balaban J connectivity index is 2.31. The maximum absolute atomic E-state index is 13.5. The summed E-state index contributed by atoms with van der Waals surface area (Å²) in [5.74, 6) is -2.10. The Labute approximate surface area is 110 Å². The van der Waals surface area contributed by atoms with Gasteiger partial charge in [0.25, 0.3) is 5.91 Å². The van der Waals surface area contributed by atoms with Crippen LogP contribution in [0.5, 0.6) is 0 Å². The SMILES string of the molecule is O=C(Nc1ccncc1F)c1c(F)cccc1Br. The molecule has 0 aliphatic carbocycles. The van der Waals surface area contributed by atoms with Crippen molar-refractivity contribution in [2.75, 3.05) is 5.32 Å². The predicted octanol–water partition coefficient (Wildman–Crippen LogP) is 3.37. The van der Waals surface area contributed by atoms with Gasteiger partial charge in [0.05, 0.1) is 17.4 Å². The van der Waals surface area contributed by atoms with Gasteiger partial charge >= 0.3 is 0 Å². The summed E-state index contributed by atoms with van der Waals surface area (Å²) < 4.78 is 27.1. The summed E-state index contributed by atoms with van der Waals surface area (Å²) in [4.78, 5) is 15.4. The zero-order valence-electron chi connectivity index (χ0n) is 8.95. The minimum Gasteiger partial charge on any atom is -0.319 e. The number of carbonyl (C=O) groups excluding carboxylic acids is 1. The van der Waals surface area contributed by atoms with E-state index >= 15 is 0 Å². The predicted molar refractivity (Wildman–Crippen MR) is 66.2 cm³/mol. The Morgan fingerprint density at radius 1 is 1.22 bits per heavy atom. The minimum atomic E-state index is -0.731. The van der Waals surface area contributed by atoms with Crippen LogP contribution in [0, 0.1) is 11.6 Å². The fourth-order valence-corrected chi connectivity index (χ4v) is 1.90. The Hall–Kier alpha value is -1.82. The summed E-state index contributed by atoms with van der Waals surface area (Å²) in [6.45, 7) is 0. The van der Waals surface area contributed by atoms with E-state index in [1.54, 1.807) is 0 Å². The summed E-state index contributed by atoms with van der Waals surface area (Å²) in [7, 11) is 0. The van der Waals surface area contributed by atoms with Gasteiger partial charge in [0.15, 0.2) is 5.82 Å². The smallest absolute Gasteiger partial charge is 0.259 e. The molecular weight excluding hydrogens is 306 g/mol. The highest BCUT2D eigenvalue weighted by molar-refractivity contribution is 9.10. The number of halogens is 3. The zero-order chi connectivity index (χ0) is 13.1. The van der Waals surface area contributed by atoms with Gasteiger partial charge < -0.3 is 5.32 Å². The van der Waals surface area contributed by atoms with Gasteiger partial charge in [-0.1, -0.05) is 6.07 Å². The first kappa shape index (κ1) is 12.6. The van der Waals surface area contributed by atoms with Gasteiger partial charge in [0.1, 0.15) is 5.82 Å². The summed E-state index contributed by atoms with van der Waals surface area (Å²) in [5, 5.41) is 2.28. The van der Waals surface area contributed by atoms with Gasteiger partial charge in [-0.2, -0.15) is 0 Å². The summed E-state index contributed by atoms with van der Waals surface area (Å²) in [6, 6.07) is 5.44. The molecule has 0 saturated carbocycles. The topological polar surface area (TPSA) is 42.0 Å². The number of hydrogen-bond acceptors (Lipinski definition) is 2. The van der Waals surface area contributed by atoms with Crippen LogP contribution in [-0.4, -0.2) is 10.9 Å². The number of rotatable bonds is 2. The lowest BCUT2D eigenvalue weighted by molar-refractivity contribution is 0.102. The lowest BCUT2D eigenvalue weighted by Crippen LogP contribution is -2.15. The van der Waals surface area contributed by atoms with E-state index < -0.39 is 17.5 Å². The normalized spacial score (nSPS) is 10.2. The van der Waals surface area contributed by atoms with Crippen LogP contribution in [0.3, 0.4) is 0 Å². The number of pyridine rings is 1. The minimum absolute atomic E-state index is 0.0508. The van der Waals surface area contributed by atoms with E-state index in [0.717, 1.165) is 12.3 Å². The molecule has 3 nitrogen and oxygen atoms in total. The Morgan fingerprint density at radius 3 is 2.67 bits per heavy atom. The van der Waals surface area contributed by atoms with Crippen LogP contribution in [0.2, 0.25) is 0 Å². The van der Waals surface area contributed by atoms with E-state index in [9.17, 15) is 13.6 Å². The summed E-state index contributed by atoms with van der Waals surface area (Å²) in [5.41, 5.74) is -0.223. The lowest BCUT2D eigenvalue weighted by atomic mass is 10.2. The van der Waals surface area contributed by atoms with E-state index in [1.807, 2.05) is 0 Å². The second-order valence-electron chi connectivity index (χ2n) is 3.41. The van der Waals surface area contributed by atoms with Crippen LogP contribution >= 0.6 is 15.9 Å². The maximum atomic E-state index is 13.5. The van der Waals surface area contributed by atoms with E-state index in [0.29, 0.717) is 4.47 Å². The van der Waals surface area contributed by atoms with Crippen molar-refractivity contribution in [1.82, 2.24) is 4.98 Å². The van der Waals surface area contributed by atoms with Crippen LogP contribution < -0.4 is 5.32 Å². The molecule has 92 valence electrons. The van der Waals surface area contributed by atoms with Crippen molar-refractivity contribution in [3.05, 3.63) is 58.3 Å². The molecule has 0 atom stereocenters. The highest BCUT2D eigenvalue weighted by Gasteiger charge is 2.16. The first-order valence-electron chi connectivity index (χ1n) is 4.94. The van der Waals surface area contributed by atoms with E-state index in [1.165, 1.54) is 24.4 Å². The average Bonchev–Trinajstić information content (AvgIpc) is 2.32. The molecule has 1 aromatic heterocycles. The van der Waals surface area contributed by atoms with E-state index in [-0.39, 0.29) is 11.3 Å². The van der Waals surface area contributed by atoms with Crippen LogP contribution in [0.4, 0.5) is 14.5 Å². The fraction of sp³-hybridized carbons (Fsp3) is 0. The number of nitrogens with one attached hydrogen (secondary N) is 1. The van der Waals surface area contributed by atoms with Crippen molar-refractivity contribution in [3.8, 4) is 0 Å². The standard InChI is InChI=1S/C12H7BrF2N2O/c13-7-2-1-3-8(14)11(7)12(18)17-10-4-5-16-6-9(10)15/h1-6H,(H,16,17,18). The van der Waals surface area contributed by atoms with Crippen LogP contribution in [-0.2, 0) is 0 Å². The first-order chi connectivity index (χ1) is 8.59. The molecule has 0 radical (unpaired) electrons. The molecule has 2 aromatic rings. The molecule has 18 heavy (non-hydrogen) atoms. The molecule has 0 unspecified atom stereocenters. The van der Waals surface area contributed by atoms with Gasteiger partial charge in [-0.05, 0) is 34.1 Å².